The lowest BCUT2D eigenvalue weighted by atomic mass is 10.3. The zero-order chi connectivity index (χ0) is 14.0. The molecule has 1 aromatic heterocycles. The van der Waals surface area contributed by atoms with E-state index in [-0.39, 0.29) is 11.5 Å². The van der Waals surface area contributed by atoms with Crippen LogP contribution in [0.3, 0.4) is 0 Å². The molecule has 102 valence electrons. The second-order valence-corrected chi connectivity index (χ2v) is 6.62. The number of nitrogens with one attached hydrogen (secondary N) is 1. The van der Waals surface area contributed by atoms with Crippen LogP contribution in [0.25, 0.3) is 0 Å². The number of rotatable bonds is 3. The van der Waals surface area contributed by atoms with E-state index in [9.17, 15) is 17.7 Å². The molecule has 1 aromatic rings. The Morgan fingerprint density at radius 2 is 2.06 bits per heavy atom. The Hall–Kier alpha value is -1.02. The quantitative estimate of drug-likeness (QED) is 0.683. The normalized spacial score (nSPS) is 15.3. The van der Waals surface area contributed by atoms with Gasteiger partial charge in [-0.1, -0.05) is 4.40 Å². The molecule has 1 unspecified atom stereocenters. The van der Waals surface area contributed by atoms with Gasteiger partial charge in [-0.25, -0.2) is 4.98 Å². The molecule has 0 aliphatic heterocycles. The summed E-state index contributed by atoms with van der Waals surface area (Å²) in [6.07, 6.45) is -3.08. The average molecular weight is 281 g/mol. The minimum Gasteiger partial charge on any atom is -0.591 e. The first-order chi connectivity index (χ1) is 8.08. The first kappa shape index (κ1) is 15.0. The second kappa shape index (κ2) is 5.31. The zero-order valence-corrected chi connectivity index (χ0v) is 11.0. The van der Waals surface area contributed by atoms with E-state index >= 15 is 0 Å². The molecule has 1 atom stereocenters. The van der Waals surface area contributed by atoms with Crippen molar-refractivity contribution in [3.63, 3.8) is 0 Å². The van der Waals surface area contributed by atoms with Crippen LogP contribution in [0.5, 0.6) is 0 Å². The third-order valence-electron chi connectivity index (χ3n) is 1.83. The minimum absolute atomic E-state index is 0.0505. The smallest absolute Gasteiger partial charge is 0.394 e. The van der Waals surface area contributed by atoms with E-state index < -0.39 is 28.7 Å². The molecule has 0 fully saturated rings. The summed E-state index contributed by atoms with van der Waals surface area (Å²) < 4.78 is 51.1. The van der Waals surface area contributed by atoms with E-state index in [2.05, 4.69) is 14.4 Å². The van der Waals surface area contributed by atoms with E-state index in [0.29, 0.717) is 0 Å². The molecule has 0 radical (unpaired) electrons. The van der Waals surface area contributed by atoms with Crippen LogP contribution in [0.2, 0.25) is 0 Å². The molecule has 0 spiro atoms. The van der Waals surface area contributed by atoms with Gasteiger partial charge in [-0.05, 0) is 20.8 Å². The number of aromatic nitrogens is 2. The Bertz CT molecular complexity index is 423. The fourth-order valence-electron chi connectivity index (χ4n) is 1.00. The maximum Gasteiger partial charge on any atom is 0.394 e. The van der Waals surface area contributed by atoms with Crippen LogP contribution in [0.1, 0.15) is 32.3 Å². The van der Waals surface area contributed by atoms with Crippen molar-refractivity contribution in [1.29, 1.82) is 0 Å². The van der Waals surface area contributed by atoms with Gasteiger partial charge in [-0.15, -0.1) is 0 Å². The van der Waals surface area contributed by atoms with Crippen molar-refractivity contribution in [3.05, 3.63) is 17.7 Å². The van der Waals surface area contributed by atoms with E-state index in [1.165, 1.54) is 6.21 Å². The van der Waals surface area contributed by atoms with Gasteiger partial charge in [0.05, 0.1) is 6.42 Å². The van der Waals surface area contributed by atoms with Crippen LogP contribution in [-0.2, 0) is 17.8 Å². The number of hydrogen-bond acceptors (Lipinski definition) is 3. The molecule has 0 amide bonds. The maximum absolute atomic E-state index is 12.1. The highest BCUT2D eigenvalue weighted by atomic mass is 32.2. The molecule has 0 saturated heterocycles. The standard InChI is InChI=1S/C10H14F3N3OS/c1-9(2,3)18(17)15-6-8-14-5-7(16-8)4-10(11,12)13/h5-6H,4H2,1-3H3,(H,14,16). The predicted molar refractivity (Wildman–Crippen MR) is 63.8 cm³/mol. The molecular formula is C10H14F3N3OS. The summed E-state index contributed by atoms with van der Waals surface area (Å²) >= 11 is -1.46. The molecule has 0 aliphatic carbocycles. The fourth-order valence-corrected chi connectivity index (χ4v) is 1.52. The lowest BCUT2D eigenvalue weighted by molar-refractivity contribution is -0.127. The van der Waals surface area contributed by atoms with Gasteiger partial charge in [-0.3, -0.25) is 0 Å². The van der Waals surface area contributed by atoms with Gasteiger partial charge in [0.25, 0.3) is 0 Å². The fraction of sp³-hybridized carbons (Fsp3) is 0.600. The summed E-state index contributed by atoms with van der Waals surface area (Å²) in [5.41, 5.74) is -0.0505. The van der Waals surface area contributed by atoms with E-state index in [4.69, 9.17) is 0 Å². The molecule has 8 heteroatoms. The molecular weight excluding hydrogens is 267 g/mol. The molecule has 0 aromatic carbocycles. The van der Waals surface area contributed by atoms with Crippen molar-refractivity contribution in [1.82, 2.24) is 9.97 Å². The minimum atomic E-state index is -4.28. The van der Waals surface area contributed by atoms with Crippen molar-refractivity contribution >= 4 is 17.6 Å². The van der Waals surface area contributed by atoms with Crippen LogP contribution < -0.4 is 0 Å². The molecule has 1 rings (SSSR count). The molecule has 4 nitrogen and oxygen atoms in total. The van der Waals surface area contributed by atoms with Gasteiger partial charge in [0, 0.05) is 11.9 Å². The average Bonchev–Trinajstić information content (AvgIpc) is 2.57. The van der Waals surface area contributed by atoms with Crippen LogP contribution in [0.15, 0.2) is 10.6 Å². The van der Waals surface area contributed by atoms with Crippen LogP contribution in [-0.4, -0.2) is 31.7 Å². The largest absolute Gasteiger partial charge is 0.591 e. The number of hydrogen-bond donors (Lipinski definition) is 1. The van der Waals surface area contributed by atoms with Crippen LogP contribution in [0, 0.1) is 0 Å². The summed E-state index contributed by atoms with van der Waals surface area (Å²) in [4.78, 5) is 6.18. The summed E-state index contributed by atoms with van der Waals surface area (Å²) in [7, 11) is 0. The number of imidazole rings is 1. The number of nitrogens with zero attached hydrogens (tertiary/aromatic N) is 2. The highest BCUT2D eigenvalue weighted by molar-refractivity contribution is 7.91. The molecule has 1 heterocycles. The van der Waals surface area contributed by atoms with E-state index in [1.807, 2.05) is 0 Å². The van der Waals surface area contributed by atoms with Crippen LogP contribution >= 0.6 is 0 Å². The number of aromatic amines is 1. The maximum atomic E-state index is 12.1. The summed E-state index contributed by atoms with van der Waals surface area (Å²) in [6, 6.07) is 0. The van der Waals surface area contributed by atoms with Crippen molar-refractivity contribution in [2.45, 2.75) is 38.1 Å². The van der Waals surface area contributed by atoms with Gasteiger partial charge >= 0.3 is 6.18 Å². The first-order valence-electron chi connectivity index (χ1n) is 5.14. The lowest BCUT2D eigenvalue weighted by Gasteiger charge is -2.17. The Labute approximate surface area is 106 Å². The highest BCUT2D eigenvalue weighted by Crippen LogP contribution is 2.20. The monoisotopic (exact) mass is 281 g/mol. The summed E-state index contributed by atoms with van der Waals surface area (Å²) in [6.45, 7) is 5.24. The van der Waals surface area contributed by atoms with Gasteiger partial charge in [0.15, 0.2) is 5.82 Å². The van der Waals surface area contributed by atoms with Gasteiger partial charge in [0.1, 0.15) is 22.3 Å². The third kappa shape index (κ3) is 5.09. The summed E-state index contributed by atoms with van der Waals surface area (Å²) in [5, 5.41) is 0. The third-order valence-corrected chi connectivity index (χ3v) is 3.18. The van der Waals surface area contributed by atoms with Crippen LogP contribution in [0.4, 0.5) is 13.2 Å². The zero-order valence-electron chi connectivity index (χ0n) is 10.2. The van der Waals surface area contributed by atoms with E-state index in [0.717, 1.165) is 6.20 Å². The lowest BCUT2D eigenvalue weighted by Crippen LogP contribution is -2.25. The summed E-state index contributed by atoms with van der Waals surface area (Å²) in [5.74, 6) is 0.159. The molecule has 1 N–H and O–H groups in total. The van der Waals surface area contributed by atoms with E-state index in [1.54, 1.807) is 20.8 Å². The first-order valence-corrected chi connectivity index (χ1v) is 6.25. The Kier molecular flexibility index (Phi) is 4.44. The van der Waals surface area contributed by atoms with Crippen molar-refractivity contribution in [3.8, 4) is 0 Å². The number of halogens is 3. The Morgan fingerprint density at radius 1 is 1.44 bits per heavy atom. The van der Waals surface area contributed by atoms with Crippen molar-refractivity contribution in [2.24, 2.45) is 4.40 Å². The number of H-pyrrole nitrogens is 1. The highest BCUT2D eigenvalue weighted by Gasteiger charge is 2.29. The van der Waals surface area contributed by atoms with Crippen molar-refractivity contribution in [2.75, 3.05) is 0 Å². The predicted octanol–water partition coefficient (Wildman–Crippen LogP) is 2.40. The van der Waals surface area contributed by atoms with Gasteiger partial charge in [-0.2, -0.15) is 13.2 Å². The molecule has 0 saturated carbocycles. The second-order valence-electron chi connectivity index (χ2n) is 4.68. The number of alkyl halides is 3. The Morgan fingerprint density at radius 3 is 2.56 bits per heavy atom. The molecule has 0 bridgehead atoms. The SMILES string of the molecule is CC(C)(C)[S+]([O-])N=Cc1ncc(CC(F)(F)F)[nH]1. The topological polar surface area (TPSA) is 64.1 Å². The van der Waals surface area contributed by atoms with Crippen molar-refractivity contribution < 1.29 is 17.7 Å². The molecule has 18 heavy (non-hydrogen) atoms. The Balaban J connectivity index is 2.67. The van der Waals surface area contributed by atoms with Gasteiger partial charge in [0.2, 0.25) is 0 Å². The molecule has 0 aliphatic rings. The van der Waals surface area contributed by atoms with Gasteiger partial charge < -0.3 is 9.54 Å².